The molecular weight excluding hydrogens is 238 g/mol. The number of hydrogen-bond acceptors (Lipinski definition) is 3. The van der Waals surface area contributed by atoms with Gasteiger partial charge in [-0.1, -0.05) is 6.07 Å². The van der Waals surface area contributed by atoms with Gasteiger partial charge in [0.05, 0.1) is 18.0 Å². The van der Waals surface area contributed by atoms with Crippen LogP contribution in [0.25, 0.3) is 5.69 Å². The molecule has 2 rings (SSSR count). The van der Waals surface area contributed by atoms with E-state index >= 15 is 0 Å². The molecule has 0 aliphatic carbocycles. The average molecular weight is 259 g/mol. The molecular formula is C15H21N3O. The number of aromatic nitrogens is 2. The number of nitrogens with one attached hydrogen (secondary N) is 1. The SMILES string of the molecule is CCOc1cccc(-n2cc(C)nc2NC(C)C)c1. The van der Waals surface area contributed by atoms with E-state index in [4.69, 9.17) is 4.74 Å². The van der Waals surface area contributed by atoms with Gasteiger partial charge in [0.15, 0.2) is 0 Å². The molecule has 0 unspecified atom stereocenters. The zero-order chi connectivity index (χ0) is 13.8. The maximum atomic E-state index is 5.54. The first-order chi connectivity index (χ1) is 9.10. The largest absolute Gasteiger partial charge is 0.494 e. The summed E-state index contributed by atoms with van der Waals surface area (Å²) in [5.41, 5.74) is 2.04. The Bertz CT molecular complexity index is 546. The molecule has 19 heavy (non-hydrogen) atoms. The molecule has 0 atom stereocenters. The highest BCUT2D eigenvalue weighted by Crippen LogP contribution is 2.21. The molecule has 102 valence electrons. The van der Waals surface area contributed by atoms with E-state index in [9.17, 15) is 0 Å². The molecule has 4 heteroatoms. The Labute approximate surface area is 114 Å². The molecule has 2 aromatic rings. The lowest BCUT2D eigenvalue weighted by Crippen LogP contribution is -2.13. The normalized spacial score (nSPS) is 10.8. The van der Waals surface area contributed by atoms with Gasteiger partial charge in [-0.15, -0.1) is 0 Å². The van der Waals surface area contributed by atoms with Gasteiger partial charge >= 0.3 is 0 Å². The molecule has 4 nitrogen and oxygen atoms in total. The summed E-state index contributed by atoms with van der Waals surface area (Å²) in [6, 6.07) is 8.38. The molecule has 0 amide bonds. The number of aryl methyl sites for hydroxylation is 1. The van der Waals surface area contributed by atoms with Crippen molar-refractivity contribution in [3.63, 3.8) is 0 Å². The van der Waals surface area contributed by atoms with Crippen LogP contribution in [0.4, 0.5) is 5.95 Å². The molecule has 0 saturated heterocycles. The highest BCUT2D eigenvalue weighted by atomic mass is 16.5. The number of ether oxygens (including phenoxy) is 1. The summed E-state index contributed by atoms with van der Waals surface area (Å²) in [7, 11) is 0. The second-order valence-electron chi connectivity index (χ2n) is 4.81. The molecule has 0 aliphatic heterocycles. The Morgan fingerprint density at radius 1 is 1.37 bits per heavy atom. The van der Waals surface area contributed by atoms with Crippen LogP contribution >= 0.6 is 0 Å². The monoisotopic (exact) mass is 259 g/mol. The predicted octanol–water partition coefficient (Wildman–Crippen LogP) is 3.40. The van der Waals surface area contributed by atoms with E-state index < -0.39 is 0 Å². The van der Waals surface area contributed by atoms with Gasteiger partial charge in [0, 0.05) is 18.3 Å². The molecule has 1 aromatic heterocycles. The summed E-state index contributed by atoms with van der Waals surface area (Å²) in [5, 5.41) is 3.36. The van der Waals surface area contributed by atoms with E-state index in [2.05, 4.69) is 34.8 Å². The zero-order valence-corrected chi connectivity index (χ0v) is 12.0. The van der Waals surface area contributed by atoms with Crippen LogP contribution in [-0.2, 0) is 0 Å². The third kappa shape index (κ3) is 3.28. The summed E-state index contributed by atoms with van der Waals surface area (Å²) in [5.74, 6) is 1.74. The minimum Gasteiger partial charge on any atom is -0.494 e. The number of anilines is 1. The number of hydrogen-bond donors (Lipinski definition) is 1. The fraction of sp³-hybridized carbons (Fsp3) is 0.400. The Hall–Kier alpha value is -1.97. The van der Waals surface area contributed by atoms with Gasteiger partial charge in [-0.3, -0.25) is 4.57 Å². The summed E-state index contributed by atoms with van der Waals surface area (Å²) in [4.78, 5) is 4.51. The van der Waals surface area contributed by atoms with E-state index in [-0.39, 0.29) is 0 Å². The van der Waals surface area contributed by atoms with Gasteiger partial charge in [0.2, 0.25) is 5.95 Å². The van der Waals surface area contributed by atoms with Crippen LogP contribution in [0.3, 0.4) is 0 Å². The Kier molecular flexibility index (Phi) is 4.10. The van der Waals surface area contributed by atoms with Crippen molar-refractivity contribution in [2.45, 2.75) is 33.7 Å². The topological polar surface area (TPSA) is 39.1 Å². The van der Waals surface area contributed by atoms with Crippen molar-refractivity contribution in [1.82, 2.24) is 9.55 Å². The van der Waals surface area contributed by atoms with Gasteiger partial charge in [-0.25, -0.2) is 4.98 Å². The lowest BCUT2D eigenvalue weighted by atomic mass is 10.3. The Morgan fingerprint density at radius 2 is 2.16 bits per heavy atom. The van der Waals surface area contributed by atoms with Crippen LogP contribution in [-0.4, -0.2) is 22.2 Å². The van der Waals surface area contributed by atoms with Crippen LogP contribution in [0.1, 0.15) is 26.5 Å². The molecule has 0 spiro atoms. The molecule has 0 radical (unpaired) electrons. The third-order valence-electron chi connectivity index (χ3n) is 2.65. The van der Waals surface area contributed by atoms with Gasteiger partial charge < -0.3 is 10.1 Å². The number of benzene rings is 1. The van der Waals surface area contributed by atoms with Crippen molar-refractivity contribution in [1.29, 1.82) is 0 Å². The second-order valence-corrected chi connectivity index (χ2v) is 4.81. The fourth-order valence-corrected chi connectivity index (χ4v) is 1.94. The van der Waals surface area contributed by atoms with Crippen molar-refractivity contribution in [3.8, 4) is 11.4 Å². The van der Waals surface area contributed by atoms with Crippen molar-refractivity contribution in [2.75, 3.05) is 11.9 Å². The fourth-order valence-electron chi connectivity index (χ4n) is 1.94. The first-order valence-electron chi connectivity index (χ1n) is 6.66. The molecule has 1 aromatic carbocycles. The van der Waals surface area contributed by atoms with E-state index in [1.807, 2.05) is 38.2 Å². The smallest absolute Gasteiger partial charge is 0.207 e. The van der Waals surface area contributed by atoms with E-state index in [0.717, 1.165) is 23.1 Å². The zero-order valence-electron chi connectivity index (χ0n) is 12.0. The van der Waals surface area contributed by atoms with Crippen molar-refractivity contribution in [3.05, 3.63) is 36.2 Å². The summed E-state index contributed by atoms with van der Waals surface area (Å²) in [6.07, 6.45) is 2.02. The molecule has 0 saturated carbocycles. The second kappa shape index (κ2) is 5.78. The summed E-state index contributed by atoms with van der Waals surface area (Å²) < 4.78 is 7.60. The van der Waals surface area contributed by atoms with Crippen molar-refractivity contribution >= 4 is 5.95 Å². The van der Waals surface area contributed by atoms with Gasteiger partial charge in [-0.05, 0) is 39.8 Å². The van der Waals surface area contributed by atoms with Crippen molar-refractivity contribution in [2.24, 2.45) is 0 Å². The van der Waals surface area contributed by atoms with Crippen LogP contribution in [0.2, 0.25) is 0 Å². The third-order valence-corrected chi connectivity index (χ3v) is 2.65. The lowest BCUT2D eigenvalue weighted by Gasteiger charge is -2.13. The quantitative estimate of drug-likeness (QED) is 0.894. The van der Waals surface area contributed by atoms with Gasteiger partial charge in [-0.2, -0.15) is 0 Å². The van der Waals surface area contributed by atoms with Gasteiger partial charge in [0.25, 0.3) is 0 Å². The number of nitrogens with zero attached hydrogens (tertiary/aromatic N) is 2. The lowest BCUT2D eigenvalue weighted by molar-refractivity contribution is 0.340. The number of rotatable bonds is 5. The minimum absolute atomic E-state index is 0.343. The first kappa shape index (κ1) is 13.5. The van der Waals surface area contributed by atoms with Crippen LogP contribution in [0.15, 0.2) is 30.5 Å². The Morgan fingerprint density at radius 3 is 2.84 bits per heavy atom. The summed E-state index contributed by atoms with van der Waals surface area (Å²) in [6.45, 7) is 8.85. The first-order valence-corrected chi connectivity index (χ1v) is 6.66. The maximum Gasteiger partial charge on any atom is 0.207 e. The van der Waals surface area contributed by atoms with Crippen LogP contribution < -0.4 is 10.1 Å². The van der Waals surface area contributed by atoms with E-state index in [1.165, 1.54) is 0 Å². The average Bonchev–Trinajstić information content (AvgIpc) is 2.70. The Balaban J connectivity index is 2.37. The molecule has 1 N–H and O–H groups in total. The van der Waals surface area contributed by atoms with Gasteiger partial charge in [0.1, 0.15) is 5.75 Å². The highest BCUT2D eigenvalue weighted by molar-refractivity contribution is 5.46. The molecule has 0 aliphatic rings. The van der Waals surface area contributed by atoms with E-state index in [0.29, 0.717) is 12.6 Å². The van der Waals surface area contributed by atoms with Crippen LogP contribution in [0.5, 0.6) is 5.75 Å². The summed E-state index contributed by atoms with van der Waals surface area (Å²) >= 11 is 0. The van der Waals surface area contributed by atoms with Crippen molar-refractivity contribution < 1.29 is 4.74 Å². The molecule has 1 heterocycles. The highest BCUT2D eigenvalue weighted by Gasteiger charge is 2.09. The predicted molar refractivity (Wildman–Crippen MR) is 78.2 cm³/mol. The molecule has 0 bridgehead atoms. The number of imidazole rings is 1. The minimum atomic E-state index is 0.343. The maximum absolute atomic E-state index is 5.54. The van der Waals surface area contributed by atoms with Crippen LogP contribution in [0, 0.1) is 6.92 Å². The molecule has 0 fully saturated rings. The standard InChI is InChI=1S/C15H21N3O/c1-5-19-14-8-6-7-13(9-14)18-10-12(4)17-15(18)16-11(2)3/h6-11H,5H2,1-4H3,(H,16,17). The van der Waals surface area contributed by atoms with E-state index in [1.54, 1.807) is 0 Å².